The zero-order valence-corrected chi connectivity index (χ0v) is 36.8. The third kappa shape index (κ3) is 12.7. The Hall–Kier alpha value is -5.54. The van der Waals surface area contributed by atoms with Crippen molar-refractivity contribution in [3.8, 4) is 23.0 Å². The Morgan fingerprint density at radius 3 is 1.36 bits per heavy atom. The molecule has 8 heteroatoms. The van der Waals surface area contributed by atoms with Gasteiger partial charge in [0.25, 0.3) is 0 Å². The van der Waals surface area contributed by atoms with Gasteiger partial charge in [0.1, 0.15) is 34.2 Å². The molecule has 2 aliphatic rings. The fourth-order valence-corrected chi connectivity index (χ4v) is 8.03. The summed E-state index contributed by atoms with van der Waals surface area (Å²) in [5, 5.41) is 36.4. The fraction of sp³-hybridized carbons (Fsp3) is 0.245. The molecule has 0 saturated heterocycles. The highest BCUT2D eigenvalue weighted by Crippen LogP contribution is 2.43. The van der Waals surface area contributed by atoms with Crippen molar-refractivity contribution >= 4 is 45.2 Å². The van der Waals surface area contributed by atoms with Crippen molar-refractivity contribution < 1.29 is 29.7 Å². The van der Waals surface area contributed by atoms with Crippen molar-refractivity contribution in [1.82, 2.24) is 0 Å². The standard InChI is InChI=1S/C26H26O2.C20H21BrO2.C6H7BO2.CH4/c1-26(2,3)28-22-14-16-24-20(17-22)11-15-23(18-7-5-4-6-8-18)25(24)19-9-12-21(27)13-10-19;1-20(2,3)23-16-9-10-17-14(12-16)6-11-18(21)19(17)13-4-7-15(22)8-5-13;8-7(9)6-4-2-1-3-5-6;/h4-10,12-14,16-17,27H,11,15H2,1-3H3;4-5,7-10,12,22H,6,11H2,1-3H3;1-5,8-9H;1H4. The smallest absolute Gasteiger partial charge is 0.488 e. The zero-order chi connectivity index (χ0) is 43.0. The third-order valence-corrected chi connectivity index (χ3v) is 10.7. The predicted molar refractivity (Wildman–Crippen MR) is 257 cm³/mol. The first-order valence-corrected chi connectivity index (χ1v) is 21.2. The molecule has 0 saturated carbocycles. The van der Waals surface area contributed by atoms with Crippen LogP contribution in [0.5, 0.6) is 23.0 Å². The molecule has 0 aromatic heterocycles. The number of hydrogen-bond donors (Lipinski definition) is 4. The van der Waals surface area contributed by atoms with Gasteiger partial charge in [-0.15, -0.1) is 0 Å². The summed E-state index contributed by atoms with van der Waals surface area (Å²) in [6.07, 6.45) is 3.94. The molecule has 0 spiro atoms. The molecule has 8 rings (SSSR count). The minimum Gasteiger partial charge on any atom is -0.508 e. The van der Waals surface area contributed by atoms with Crippen LogP contribution in [0.25, 0.3) is 16.7 Å². The van der Waals surface area contributed by atoms with E-state index in [1.807, 2.05) is 36.4 Å². The van der Waals surface area contributed by atoms with Crippen molar-refractivity contribution in [2.24, 2.45) is 0 Å². The minimum atomic E-state index is -1.34. The number of hydrogen-bond acceptors (Lipinski definition) is 6. The van der Waals surface area contributed by atoms with Crippen LogP contribution in [0.4, 0.5) is 0 Å². The molecule has 0 aliphatic heterocycles. The predicted octanol–water partition coefficient (Wildman–Crippen LogP) is 12.1. The average Bonchev–Trinajstić information content (AvgIpc) is 3.21. The van der Waals surface area contributed by atoms with Crippen LogP contribution < -0.4 is 14.9 Å². The molecule has 0 atom stereocenters. The average molecular weight is 882 g/mol. The van der Waals surface area contributed by atoms with Crippen LogP contribution >= 0.6 is 15.9 Å². The van der Waals surface area contributed by atoms with Gasteiger partial charge in [0.2, 0.25) is 0 Å². The number of allylic oxidation sites excluding steroid dienone is 2. The van der Waals surface area contributed by atoms with E-state index in [0.29, 0.717) is 5.46 Å². The van der Waals surface area contributed by atoms with Gasteiger partial charge < -0.3 is 29.7 Å². The molecule has 2 aliphatic carbocycles. The molecule has 6 aromatic rings. The summed E-state index contributed by atoms with van der Waals surface area (Å²) in [4.78, 5) is 0. The molecule has 0 unspecified atom stereocenters. The Morgan fingerprint density at radius 2 is 0.918 bits per heavy atom. The molecule has 61 heavy (non-hydrogen) atoms. The largest absolute Gasteiger partial charge is 0.508 e. The van der Waals surface area contributed by atoms with E-state index < -0.39 is 7.12 Å². The molecule has 6 aromatic carbocycles. The van der Waals surface area contributed by atoms with Crippen LogP contribution in [-0.4, -0.2) is 38.6 Å². The Bertz CT molecular complexity index is 2430. The van der Waals surface area contributed by atoms with Gasteiger partial charge in [-0.3, -0.25) is 0 Å². The number of fused-ring (bicyclic) bond motifs is 2. The number of aromatic hydroxyl groups is 2. The van der Waals surface area contributed by atoms with Crippen molar-refractivity contribution in [2.45, 2.75) is 85.9 Å². The first-order chi connectivity index (χ1) is 28.5. The number of phenolic OH excluding ortho intramolecular Hbond substituents is 2. The first kappa shape index (κ1) is 46.5. The van der Waals surface area contributed by atoms with Crippen molar-refractivity contribution in [3.63, 3.8) is 0 Å². The summed E-state index contributed by atoms with van der Waals surface area (Å²) >= 11 is 3.73. The number of halogens is 1. The van der Waals surface area contributed by atoms with Crippen LogP contribution in [0.1, 0.15) is 101 Å². The van der Waals surface area contributed by atoms with Gasteiger partial charge in [-0.2, -0.15) is 0 Å². The van der Waals surface area contributed by atoms with Gasteiger partial charge in [0.15, 0.2) is 0 Å². The maximum Gasteiger partial charge on any atom is 0.488 e. The van der Waals surface area contributed by atoms with E-state index in [1.54, 1.807) is 48.5 Å². The molecule has 0 fully saturated rings. The van der Waals surface area contributed by atoms with Gasteiger partial charge in [0.05, 0.1) is 0 Å². The van der Waals surface area contributed by atoms with Crippen LogP contribution in [0.15, 0.2) is 150 Å². The lowest BCUT2D eigenvalue weighted by Gasteiger charge is -2.27. The van der Waals surface area contributed by atoms with Crippen LogP contribution in [-0.2, 0) is 12.8 Å². The van der Waals surface area contributed by atoms with Gasteiger partial charge >= 0.3 is 7.12 Å². The lowest BCUT2D eigenvalue weighted by atomic mass is 9.79. The molecule has 0 bridgehead atoms. The Kier molecular flexibility index (Phi) is 15.5. The van der Waals surface area contributed by atoms with Crippen molar-refractivity contribution in [2.75, 3.05) is 0 Å². The second-order valence-corrected chi connectivity index (χ2v) is 17.9. The number of rotatable bonds is 6. The SMILES string of the molecule is C.CC(C)(C)Oc1ccc2c(c1)CCC(Br)=C2c1ccc(O)cc1.CC(C)(C)Oc1ccc2c(c1)CCC(c1ccccc1)=C2c1ccc(O)cc1.OB(O)c1ccccc1. The van der Waals surface area contributed by atoms with E-state index in [2.05, 4.69) is 118 Å². The second-order valence-electron chi connectivity index (χ2n) is 16.9. The number of ether oxygens (including phenoxy) is 2. The monoisotopic (exact) mass is 880 g/mol. The zero-order valence-electron chi connectivity index (χ0n) is 35.2. The van der Waals surface area contributed by atoms with E-state index in [0.717, 1.165) is 48.3 Å². The van der Waals surface area contributed by atoms with Gasteiger partial charge in [0, 0.05) is 4.48 Å². The Balaban J connectivity index is 0.000000192. The molecule has 0 radical (unpaired) electrons. The lowest BCUT2D eigenvalue weighted by molar-refractivity contribution is 0.130. The molecule has 6 nitrogen and oxygen atoms in total. The third-order valence-electron chi connectivity index (χ3n) is 9.90. The number of benzene rings is 6. The molecule has 0 amide bonds. The van der Waals surface area contributed by atoms with Crippen LogP contribution in [0, 0.1) is 0 Å². The van der Waals surface area contributed by atoms with Crippen LogP contribution in [0.2, 0.25) is 0 Å². The fourth-order valence-electron chi connectivity index (χ4n) is 7.39. The summed E-state index contributed by atoms with van der Waals surface area (Å²) in [7, 11) is -1.34. The van der Waals surface area contributed by atoms with E-state index in [1.165, 1.54) is 49.0 Å². The minimum absolute atomic E-state index is 0. The maximum atomic E-state index is 9.75. The normalized spacial score (nSPS) is 13.3. The molecule has 316 valence electrons. The van der Waals surface area contributed by atoms with E-state index in [-0.39, 0.29) is 30.1 Å². The molecule has 0 heterocycles. The Morgan fingerprint density at radius 1 is 0.492 bits per heavy atom. The van der Waals surface area contributed by atoms with Crippen molar-refractivity contribution in [3.05, 3.63) is 189 Å². The van der Waals surface area contributed by atoms with E-state index >= 15 is 0 Å². The first-order valence-electron chi connectivity index (χ1n) is 20.4. The summed E-state index contributed by atoms with van der Waals surface area (Å²) in [5.41, 5.74) is 12.5. The molecule has 4 N–H and O–H groups in total. The lowest BCUT2D eigenvalue weighted by Crippen LogP contribution is -2.29. The second kappa shape index (κ2) is 20.4. The maximum absolute atomic E-state index is 9.75. The summed E-state index contributed by atoms with van der Waals surface area (Å²) in [5.74, 6) is 2.41. The molecular formula is C53H58BBrO6. The van der Waals surface area contributed by atoms with Crippen molar-refractivity contribution in [1.29, 1.82) is 0 Å². The quantitative estimate of drug-likeness (QED) is 0.124. The number of aryl methyl sites for hydroxylation is 2. The Labute approximate surface area is 371 Å². The van der Waals surface area contributed by atoms with Crippen LogP contribution in [0.3, 0.4) is 0 Å². The summed E-state index contributed by atoms with van der Waals surface area (Å²) < 4.78 is 13.3. The van der Waals surface area contributed by atoms with E-state index in [9.17, 15) is 10.2 Å². The topological polar surface area (TPSA) is 99.4 Å². The summed E-state index contributed by atoms with van der Waals surface area (Å²) in [6.45, 7) is 12.4. The van der Waals surface area contributed by atoms with Gasteiger partial charge in [-0.25, -0.2) is 0 Å². The van der Waals surface area contributed by atoms with E-state index in [4.69, 9.17) is 19.5 Å². The van der Waals surface area contributed by atoms with Gasteiger partial charge in [-0.05, 0) is 177 Å². The molecular weight excluding hydrogens is 823 g/mol. The van der Waals surface area contributed by atoms with Gasteiger partial charge in [-0.1, -0.05) is 120 Å². The highest BCUT2D eigenvalue weighted by molar-refractivity contribution is 9.11. The summed E-state index contributed by atoms with van der Waals surface area (Å²) in [6, 6.07) is 46.9. The number of phenols is 2. The highest BCUT2D eigenvalue weighted by atomic mass is 79.9. The highest BCUT2D eigenvalue weighted by Gasteiger charge is 2.24.